The van der Waals surface area contributed by atoms with Gasteiger partial charge in [-0.1, -0.05) is 18.2 Å². The second-order valence-corrected chi connectivity index (χ2v) is 3.31. The summed E-state index contributed by atoms with van der Waals surface area (Å²) in [4.78, 5) is 9.00. The third-order valence-electron chi connectivity index (χ3n) is 0.941. The zero-order valence-electron chi connectivity index (χ0n) is 8.78. The molecule has 16 heavy (non-hydrogen) atoms. The second-order valence-electron chi connectivity index (χ2n) is 2.32. The number of benzene rings is 1. The molecule has 1 aromatic carbocycles. The van der Waals surface area contributed by atoms with Crippen molar-refractivity contribution in [1.82, 2.24) is 0 Å². The van der Waals surface area contributed by atoms with Gasteiger partial charge >= 0.3 is 29.6 Å². The van der Waals surface area contributed by atoms with E-state index in [1.807, 2.05) is 0 Å². The van der Waals surface area contributed by atoms with Gasteiger partial charge in [-0.15, -0.1) is 0 Å². The van der Waals surface area contributed by atoms with Gasteiger partial charge in [0.25, 0.3) is 16.4 Å². The molecule has 0 aliphatic heterocycles. The second kappa shape index (κ2) is 8.54. The van der Waals surface area contributed by atoms with Gasteiger partial charge in [-0.3, -0.25) is 4.79 Å². The van der Waals surface area contributed by atoms with Gasteiger partial charge in [-0.2, -0.15) is 0 Å². The number of aliphatic carboxylic acids is 1. The Kier molecular flexibility index (Phi) is 9.49. The Bertz CT molecular complexity index is 398. The van der Waals surface area contributed by atoms with Crippen molar-refractivity contribution in [2.75, 3.05) is 0 Å². The largest absolute Gasteiger partial charge is 1.00 e. The molecule has 0 spiro atoms. The fraction of sp³-hybridized carbons (Fsp3) is 0.125. The summed E-state index contributed by atoms with van der Waals surface area (Å²) >= 11 is 0. The monoisotopic (exact) mass is 256 g/mol. The van der Waals surface area contributed by atoms with Crippen molar-refractivity contribution >= 4 is 16.4 Å². The summed E-state index contributed by atoms with van der Waals surface area (Å²) in [6.45, 7) is 1.08. The predicted octanol–water partition coefficient (Wildman–Crippen LogP) is -2.38. The molecule has 0 atom stereocenters. The van der Waals surface area contributed by atoms with Crippen LogP contribution in [0, 0.1) is 0 Å². The van der Waals surface area contributed by atoms with Crippen molar-refractivity contribution in [2.45, 2.75) is 6.92 Å². The van der Waals surface area contributed by atoms with Gasteiger partial charge in [-0.05, 0) is 12.1 Å². The summed E-state index contributed by atoms with van der Waals surface area (Å²) in [5, 5.41) is 7.42. The summed E-state index contributed by atoms with van der Waals surface area (Å²) < 4.78 is 34.1. The van der Waals surface area contributed by atoms with Crippen LogP contribution in [0.5, 0.6) is 5.75 Å². The van der Waals surface area contributed by atoms with E-state index in [0.29, 0.717) is 0 Å². The van der Waals surface area contributed by atoms with Gasteiger partial charge in [0.1, 0.15) is 5.75 Å². The van der Waals surface area contributed by atoms with Crippen molar-refractivity contribution in [2.24, 2.45) is 0 Å². The smallest absolute Gasteiger partial charge is 0.716 e. The fourth-order valence-corrected chi connectivity index (χ4v) is 0.941. The van der Waals surface area contributed by atoms with Gasteiger partial charge in [0.15, 0.2) is 0 Å². The molecule has 0 aromatic heterocycles. The van der Waals surface area contributed by atoms with Crippen LogP contribution in [-0.4, -0.2) is 24.0 Å². The summed E-state index contributed by atoms with van der Waals surface area (Å²) in [7, 11) is -4.63. The summed E-state index contributed by atoms with van der Waals surface area (Å²) in [6, 6.07) is 7.59. The maximum absolute atomic E-state index is 10.0. The Labute approximate surface area is 115 Å². The van der Waals surface area contributed by atoms with Crippen LogP contribution in [0.25, 0.3) is 0 Å². The fourth-order valence-electron chi connectivity index (χ4n) is 0.594. The molecule has 0 heterocycles. The van der Waals surface area contributed by atoms with E-state index in [-0.39, 0.29) is 35.3 Å². The van der Waals surface area contributed by atoms with Crippen molar-refractivity contribution < 1.29 is 56.6 Å². The minimum Gasteiger partial charge on any atom is -0.716 e. The third kappa shape index (κ3) is 13.4. The minimum atomic E-state index is -4.63. The zero-order valence-corrected chi connectivity index (χ0v) is 11.6. The predicted molar refractivity (Wildman–Crippen MR) is 50.1 cm³/mol. The first-order valence-electron chi connectivity index (χ1n) is 3.71. The first-order valence-corrected chi connectivity index (χ1v) is 5.04. The van der Waals surface area contributed by atoms with E-state index in [2.05, 4.69) is 4.18 Å². The topological polar surface area (TPSA) is 104 Å². The first kappa shape index (κ1) is 17.8. The Morgan fingerprint density at radius 3 is 2.00 bits per heavy atom. The molecule has 0 amide bonds. The summed E-state index contributed by atoms with van der Waals surface area (Å²) in [5.41, 5.74) is 0. The van der Waals surface area contributed by atoms with E-state index in [9.17, 15) is 13.0 Å². The van der Waals surface area contributed by atoms with E-state index in [1.165, 1.54) is 12.1 Å². The molecule has 0 unspecified atom stereocenters. The van der Waals surface area contributed by atoms with Gasteiger partial charge < -0.3 is 13.8 Å². The molecule has 84 valence electrons. The van der Waals surface area contributed by atoms with Crippen LogP contribution in [0.1, 0.15) is 6.92 Å². The van der Waals surface area contributed by atoms with Gasteiger partial charge in [0.2, 0.25) is 0 Å². The number of carboxylic acid groups (broad SMARTS) is 1. The van der Waals surface area contributed by atoms with Crippen LogP contribution in [0.15, 0.2) is 30.3 Å². The van der Waals surface area contributed by atoms with E-state index < -0.39 is 16.4 Å². The van der Waals surface area contributed by atoms with Gasteiger partial charge in [0, 0.05) is 6.92 Å². The van der Waals surface area contributed by atoms with Gasteiger partial charge in [-0.25, -0.2) is 8.42 Å². The van der Waals surface area contributed by atoms with Gasteiger partial charge in [0.05, 0.1) is 0 Å². The summed E-state index contributed by atoms with van der Waals surface area (Å²) in [5.74, 6) is -0.803. The number of carbonyl (C=O) groups is 1. The van der Waals surface area contributed by atoms with Crippen LogP contribution in [0.3, 0.4) is 0 Å². The quantitative estimate of drug-likeness (QED) is 0.360. The first-order chi connectivity index (χ1) is 6.81. The molecule has 8 heteroatoms. The third-order valence-corrected chi connectivity index (χ3v) is 1.34. The van der Waals surface area contributed by atoms with Crippen LogP contribution < -0.4 is 33.7 Å². The van der Waals surface area contributed by atoms with Crippen molar-refractivity contribution in [3.8, 4) is 5.75 Å². The summed E-state index contributed by atoms with van der Waals surface area (Å²) in [6.07, 6.45) is 0. The molecule has 0 fully saturated rings. The number of para-hydroxylation sites is 1. The maximum atomic E-state index is 10.0. The number of hydrogen-bond donors (Lipinski definition) is 1. The Morgan fingerprint density at radius 1 is 1.31 bits per heavy atom. The van der Waals surface area contributed by atoms with Crippen molar-refractivity contribution in [1.29, 1.82) is 0 Å². The molecule has 0 radical (unpaired) electrons. The molecule has 1 aromatic rings. The molecule has 1 N–H and O–H groups in total. The average molecular weight is 256 g/mol. The minimum absolute atomic E-state index is 0. The van der Waals surface area contributed by atoms with Crippen LogP contribution in [0.2, 0.25) is 0 Å². The SMILES string of the molecule is CC(=O)O.O=S(=O)([O-])Oc1ccccc1.[Na+]. The van der Waals surface area contributed by atoms with E-state index in [0.717, 1.165) is 6.92 Å². The van der Waals surface area contributed by atoms with E-state index in [4.69, 9.17) is 9.90 Å². The van der Waals surface area contributed by atoms with Crippen molar-refractivity contribution in [3.05, 3.63) is 30.3 Å². The molecule has 0 saturated heterocycles. The normalized spacial score (nSPS) is 9.12. The number of hydrogen-bond acceptors (Lipinski definition) is 5. The average Bonchev–Trinajstić information content (AvgIpc) is 2.01. The number of carboxylic acids is 1. The Morgan fingerprint density at radius 2 is 1.69 bits per heavy atom. The van der Waals surface area contributed by atoms with Crippen LogP contribution >= 0.6 is 0 Å². The van der Waals surface area contributed by atoms with E-state index in [1.54, 1.807) is 18.2 Å². The molecule has 6 nitrogen and oxygen atoms in total. The maximum Gasteiger partial charge on any atom is 1.00 e. The zero-order chi connectivity index (χ0) is 11.9. The molecule has 0 bridgehead atoms. The van der Waals surface area contributed by atoms with Crippen LogP contribution in [-0.2, 0) is 15.2 Å². The molecular formula is C8H9NaO6S. The number of rotatable bonds is 2. The molecule has 0 aliphatic rings. The van der Waals surface area contributed by atoms with Crippen LogP contribution in [0.4, 0.5) is 0 Å². The molecule has 0 saturated carbocycles. The molecule has 1 rings (SSSR count). The molecule has 0 aliphatic carbocycles. The van der Waals surface area contributed by atoms with Crippen molar-refractivity contribution in [3.63, 3.8) is 0 Å². The Hall–Kier alpha value is -0.600. The molecular weight excluding hydrogens is 247 g/mol. The Balaban J connectivity index is 0. The standard InChI is InChI=1S/C6H6O4S.C2H4O2.Na/c7-11(8,9)10-6-4-2-1-3-5-6;1-2(3)4;/h1-5H,(H,7,8,9);1H3,(H,3,4);/q;;+1/p-1. The van der Waals surface area contributed by atoms with E-state index >= 15 is 0 Å².